The molecule has 4 saturated heterocycles. The first kappa shape index (κ1) is 62.9. The molecule has 11 rings (SSSR count). The Labute approximate surface area is 506 Å². The number of nitrogens with one attached hydrogen (secondary N) is 3. The summed E-state index contributed by atoms with van der Waals surface area (Å²) in [5.74, 6) is 1.52. The fraction of sp³-hybridized carbons (Fsp3) is 0.694. The molecule has 4 aliphatic heterocycles. The van der Waals surface area contributed by atoms with Crippen LogP contribution in [-0.2, 0) is 35.4 Å². The second-order valence-electron chi connectivity index (χ2n) is 30.1. The molecule has 3 aromatic carbocycles. The van der Waals surface area contributed by atoms with Gasteiger partial charge >= 0.3 is 0 Å². The van der Waals surface area contributed by atoms with Gasteiger partial charge < -0.3 is 35.6 Å². The van der Waals surface area contributed by atoms with Gasteiger partial charge in [0.2, 0.25) is 23.6 Å². The summed E-state index contributed by atoms with van der Waals surface area (Å²) >= 11 is 0. The number of likely N-dealkylation sites (tertiary alicyclic amines) is 4. The monoisotopic (exact) mass is 1140 g/mol. The lowest BCUT2D eigenvalue weighted by Gasteiger charge is -2.47. The van der Waals surface area contributed by atoms with Crippen molar-refractivity contribution in [1.29, 1.82) is 0 Å². The minimum absolute atomic E-state index is 0. The molecule has 4 heterocycles. The van der Waals surface area contributed by atoms with E-state index < -0.39 is 0 Å². The maximum atomic E-state index is 13.0. The van der Waals surface area contributed by atoms with Crippen molar-refractivity contribution in [2.45, 2.75) is 232 Å². The van der Waals surface area contributed by atoms with E-state index in [0.717, 1.165) is 64.0 Å². The summed E-state index contributed by atoms with van der Waals surface area (Å²) in [7, 11) is 0. The maximum absolute atomic E-state index is 13.0. The standard InChI is InChI=1S/C27H41N3O2.C24H36N2O.C21H32N2O.3H2/c1-20(30-16-7-10-24(30)31)25(32)28-23-11-12-27(22-9-6-5-8-21(22)23)14-18-29(19-15-27)17-13-26(2,3)4;1-23(2,3)12-15-26-16-13-24(14-17-26)11-10-21(25-22(27)18-8-9-18)19-6-4-5-7-20(19)24;1-16(2)9-13-23-14-11-21(12-15-23)10-8-20(22-17(3)24)18-6-4-5-7-19(18)21;;;/h5-6,8-9,20,23H,7,10-19H2,1-4H3,(H,28,32);4-7,18,21H,8-17H2,1-3H3,(H,25,27);4-7,16,20H,8-15H2,1-3H3,(H,22,24);3*1H/t20-,23-;21-;20-;;;/m100.../s1. The Morgan fingerprint density at radius 1 is 0.530 bits per heavy atom. The van der Waals surface area contributed by atoms with Crippen LogP contribution in [0.2, 0.25) is 0 Å². The first-order valence-electron chi connectivity index (χ1n) is 33.2. The van der Waals surface area contributed by atoms with Crippen molar-refractivity contribution in [1.82, 2.24) is 35.6 Å². The average molecular weight is 1140 g/mol. The van der Waals surface area contributed by atoms with Crippen LogP contribution in [-0.4, -0.2) is 115 Å². The van der Waals surface area contributed by atoms with Crippen molar-refractivity contribution >= 4 is 23.6 Å². The SMILES string of the molecule is CC(=O)N[C@H]1CCC2(CCN(CCC(C)C)CC2)c2ccccc21.CC(C)(C)CCN1CCC2(CC[C@H](NC(=O)C3CC3)c3ccccc32)CC1.C[C@H](C(=O)N[C@@H]1CCC2(CCN(CCC(C)(C)C)CC2)c2ccccc21)N1CCCC1=O.[HH].[HH].[HH]. The second kappa shape index (κ2) is 27.0. The molecule has 4 atom stereocenters. The van der Waals surface area contributed by atoms with Crippen LogP contribution in [0, 0.1) is 22.7 Å². The molecule has 4 aliphatic carbocycles. The van der Waals surface area contributed by atoms with Crippen molar-refractivity contribution < 1.29 is 23.5 Å². The Balaban J connectivity index is 0.000000205. The Hall–Kier alpha value is -4.58. The Bertz CT molecular complexity index is 2680. The summed E-state index contributed by atoms with van der Waals surface area (Å²) in [6.07, 6.45) is 21.5. The number of carbonyl (C=O) groups is 4. The van der Waals surface area contributed by atoms with E-state index >= 15 is 0 Å². The third-order valence-electron chi connectivity index (χ3n) is 21.2. The molecular formula is C72H115N7O4. The van der Waals surface area contributed by atoms with E-state index in [9.17, 15) is 19.2 Å². The van der Waals surface area contributed by atoms with Crippen LogP contribution in [0.1, 0.15) is 247 Å². The van der Waals surface area contributed by atoms with Gasteiger partial charge in [0.15, 0.2) is 0 Å². The number of hydrogen-bond donors (Lipinski definition) is 3. The third-order valence-corrected chi connectivity index (χ3v) is 21.2. The smallest absolute Gasteiger partial charge is 0.242 e. The Kier molecular flexibility index (Phi) is 20.5. The molecule has 83 heavy (non-hydrogen) atoms. The van der Waals surface area contributed by atoms with Crippen molar-refractivity contribution in [3.8, 4) is 0 Å². The first-order chi connectivity index (χ1) is 39.5. The Morgan fingerprint density at radius 3 is 1.28 bits per heavy atom. The van der Waals surface area contributed by atoms with Gasteiger partial charge in [-0.1, -0.05) is 128 Å². The molecule has 0 bridgehead atoms. The van der Waals surface area contributed by atoms with Crippen molar-refractivity contribution in [2.24, 2.45) is 22.7 Å². The van der Waals surface area contributed by atoms with Crippen molar-refractivity contribution in [2.75, 3.05) is 65.4 Å². The number of fused-ring (bicyclic) bond motifs is 6. The minimum Gasteiger partial charge on any atom is -0.350 e. The Morgan fingerprint density at radius 2 is 0.916 bits per heavy atom. The molecule has 0 unspecified atom stereocenters. The zero-order valence-corrected chi connectivity index (χ0v) is 53.3. The molecule has 5 fully saturated rings. The molecule has 0 radical (unpaired) electrons. The van der Waals surface area contributed by atoms with E-state index in [4.69, 9.17) is 0 Å². The molecule has 3 N–H and O–H groups in total. The molecule has 3 aromatic rings. The lowest BCUT2D eigenvalue weighted by atomic mass is 9.63. The molecule has 1 saturated carbocycles. The van der Waals surface area contributed by atoms with Gasteiger partial charge in [0.25, 0.3) is 0 Å². The van der Waals surface area contributed by atoms with Crippen LogP contribution in [0.3, 0.4) is 0 Å². The maximum Gasteiger partial charge on any atom is 0.242 e. The second-order valence-corrected chi connectivity index (χ2v) is 30.1. The summed E-state index contributed by atoms with van der Waals surface area (Å²) in [6.45, 7) is 33.6. The third kappa shape index (κ3) is 15.9. The van der Waals surface area contributed by atoms with Gasteiger partial charge in [0.05, 0.1) is 18.1 Å². The van der Waals surface area contributed by atoms with Gasteiger partial charge in [0.1, 0.15) is 6.04 Å². The molecular weight excluding hydrogens is 1030 g/mol. The zero-order chi connectivity index (χ0) is 59.2. The summed E-state index contributed by atoms with van der Waals surface area (Å²) in [4.78, 5) is 58.6. The number of rotatable bonds is 13. The highest BCUT2D eigenvalue weighted by molar-refractivity contribution is 5.88. The quantitative estimate of drug-likeness (QED) is 0.156. The minimum atomic E-state index is -0.390. The van der Waals surface area contributed by atoms with Gasteiger partial charge in [-0.3, -0.25) is 19.2 Å². The van der Waals surface area contributed by atoms with Crippen LogP contribution in [0.5, 0.6) is 0 Å². The summed E-state index contributed by atoms with van der Waals surface area (Å²) in [6, 6.07) is 26.6. The first-order valence-corrected chi connectivity index (χ1v) is 33.2. The van der Waals surface area contributed by atoms with Gasteiger partial charge in [-0.05, 0) is 248 Å². The van der Waals surface area contributed by atoms with Crippen LogP contribution in [0.25, 0.3) is 0 Å². The van der Waals surface area contributed by atoms with Gasteiger partial charge in [-0.25, -0.2) is 0 Å². The van der Waals surface area contributed by atoms with E-state index in [1.54, 1.807) is 11.8 Å². The number of amides is 4. The van der Waals surface area contributed by atoms with E-state index in [-0.39, 0.29) is 57.5 Å². The highest BCUT2D eigenvalue weighted by Gasteiger charge is 2.46. The number of carbonyl (C=O) groups excluding carboxylic acids is 4. The van der Waals surface area contributed by atoms with Crippen LogP contribution >= 0.6 is 0 Å². The molecule has 4 amide bonds. The molecule has 3 spiro atoms. The van der Waals surface area contributed by atoms with E-state index in [1.807, 2.05) is 6.92 Å². The summed E-state index contributed by atoms with van der Waals surface area (Å²) in [5, 5.41) is 9.80. The van der Waals surface area contributed by atoms with E-state index in [0.29, 0.717) is 40.5 Å². The summed E-state index contributed by atoms with van der Waals surface area (Å²) in [5.41, 5.74) is 10.2. The van der Waals surface area contributed by atoms with Gasteiger partial charge in [-0.15, -0.1) is 0 Å². The van der Waals surface area contributed by atoms with Gasteiger partial charge in [-0.2, -0.15) is 0 Å². The van der Waals surface area contributed by atoms with Crippen LogP contribution in [0.4, 0.5) is 0 Å². The number of nitrogens with zero attached hydrogens (tertiary/aromatic N) is 4. The molecule has 11 nitrogen and oxygen atoms in total. The van der Waals surface area contributed by atoms with Crippen molar-refractivity contribution in [3.05, 3.63) is 106 Å². The topological polar surface area (TPSA) is 117 Å². The highest BCUT2D eigenvalue weighted by Crippen LogP contribution is 2.51. The predicted octanol–water partition coefficient (Wildman–Crippen LogP) is 14.0. The average Bonchev–Trinajstić information content (AvgIpc) is 0.926. The van der Waals surface area contributed by atoms with Gasteiger partial charge in [0, 0.05) is 30.1 Å². The fourth-order valence-corrected chi connectivity index (χ4v) is 15.4. The molecule has 0 aromatic heterocycles. The number of hydrogen-bond acceptors (Lipinski definition) is 7. The lowest BCUT2D eigenvalue weighted by Crippen LogP contribution is -2.49. The normalized spacial score (nSPS) is 24.3. The number of benzene rings is 3. The van der Waals surface area contributed by atoms with Crippen LogP contribution < -0.4 is 16.0 Å². The molecule has 11 heteroatoms. The van der Waals surface area contributed by atoms with E-state index in [1.165, 1.54) is 150 Å². The zero-order valence-electron chi connectivity index (χ0n) is 53.3. The molecule has 8 aliphatic rings. The molecule has 462 valence electrons. The highest BCUT2D eigenvalue weighted by atomic mass is 16.2. The van der Waals surface area contributed by atoms with E-state index in [2.05, 4.69) is 159 Å². The summed E-state index contributed by atoms with van der Waals surface area (Å²) < 4.78 is 0. The van der Waals surface area contributed by atoms with Crippen LogP contribution in [0.15, 0.2) is 72.8 Å². The lowest BCUT2D eigenvalue weighted by molar-refractivity contribution is -0.137. The van der Waals surface area contributed by atoms with Crippen molar-refractivity contribution in [3.63, 3.8) is 0 Å². The predicted molar refractivity (Wildman–Crippen MR) is 344 cm³/mol. The largest absolute Gasteiger partial charge is 0.350 e. The fourth-order valence-electron chi connectivity index (χ4n) is 15.4. The number of piperidine rings is 3.